The fourth-order valence-corrected chi connectivity index (χ4v) is 2.44. The van der Waals surface area contributed by atoms with Crippen molar-refractivity contribution in [2.75, 3.05) is 18.0 Å². The van der Waals surface area contributed by atoms with Gasteiger partial charge in [0.1, 0.15) is 5.82 Å². The van der Waals surface area contributed by atoms with Crippen LogP contribution in [0.5, 0.6) is 0 Å². The van der Waals surface area contributed by atoms with Gasteiger partial charge in [0.2, 0.25) is 0 Å². The molecule has 0 unspecified atom stereocenters. The van der Waals surface area contributed by atoms with E-state index in [0.717, 1.165) is 24.6 Å². The summed E-state index contributed by atoms with van der Waals surface area (Å²) in [5, 5.41) is 0. The number of hydrogen-bond donors (Lipinski definition) is 0. The van der Waals surface area contributed by atoms with Crippen molar-refractivity contribution in [3.63, 3.8) is 0 Å². The first-order chi connectivity index (χ1) is 8.24. The van der Waals surface area contributed by atoms with Gasteiger partial charge in [-0.3, -0.25) is 0 Å². The van der Waals surface area contributed by atoms with Crippen molar-refractivity contribution in [1.82, 2.24) is 0 Å². The van der Waals surface area contributed by atoms with Crippen molar-refractivity contribution in [2.45, 2.75) is 32.1 Å². The van der Waals surface area contributed by atoms with Crippen molar-refractivity contribution in [1.29, 1.82) is 0 Å². The predicted octanol–water partition coefficient (Wildman–Crippen LogP) is 4.19. The van der Waals surface area contributed by atoms with E-state index in [0.29, 0.717) is 11.6 Å². The molecule has 0 heterocycles. The zero-order chi connectivity index (χ0) is 12.3. The fraction of sp³-hybridized carbons (Fsp3) is 0.571. The molecule has 0 N–H and O–H groups in total. The van der Waals surface area contributed by atoms with E-state index in [1.165, 1.54) is 19.3 Å². The van der Waals surface area contributed by atoms with Gasteiger partial charge >= 0.3 is 0 Å². The standard InChI is InChI=1S/C14H19ClFN/c1-2-17(10-11-4-3-5-11)14-7-6-12(9-15)8-13(14)16/h6-8,11H,2-5,9-10H2,1H3. The Hall–Kier alpha value is -0.760. The van der Waals surface area contributed by atoms with E-state index in [9.17, 15) is 4.39 Å². The van der Waals surface area contributed by atoms with Gasteiger partial charge in [0.15, 0.2) is 0 Å². The molecule has 2 rings (SSSR count). The number of anilines is 1. The minimum atomic E-state index is -0.149. The first-order valence-corrected chi connectivity index (χ1v) is 6.87. The molecule has 0 bridgehead atoms. The lowest BCUT2D eigenvalue weighted by Crippen LogP contribution is -2.33. The van der Waals surface area contributed by atoms with Crippen molar-refractivity contribution in [3.05, 3.63) is 29.6 Å². The van der Waals surface area contributed by atoms with Gasteiger partial charge in [-0.2, -0.15) is 0 Å². The molecule has 0 atom stereocenters. The van der Waals surface area contributed by atoms with Gasteiger partial charge in [0.05, 0.1) is 5.69 Å². The summed E-state index contributed by atoms with van der Waals surface area (Å²) in [7, 11) is 0. The van der Waals surface area contributed by atoms with E-state index in [-0.39, 0.29) is 5.82 Å². The van der Waals surface area contributed by atoms with Gasteiger partial charge in [0.25, 0.3) is 0 Å². The second kappa shape index (κ2) is 5.72. The molecular weight excluding hydrogens is 237 g/mol. The normalized spacial score (nSPS) is 15.7. The van der Waals surface area contributed by atoms with Gasteiger partial charge in [0, 0.05) is 19.0 Å². The second-order valence-electron chi connectivity index (χ2n) is 4.75. The Balaban J connectivity index is 2.11. The molecule has 94 valence electrons. The van der Waals surface area contributed by atoms with E-state index in [1.807, 2.05) is 12.1 Å². The largest absolute Gasteiger partial charge is 0.369 e. The van der Waals surface area contributed by atoms with Crippen LogP contribution in [0.2, 0.25) is 0 Å². The summed E-state index contributed by atoms with van der Waals surface area (Å²) in [6, 6.07) is 5.32. The molecule has 17 heavy (non-hydrogen) atoms. The van der Waals surface area contributed by atoms with Crippen molar-refractivity contribution < 1.29 is 4.39 Å². The highest BCUT2D eigenvalue weighted by Crippen LogP contribution is 2.30. The molecule has 0 saturated heterocycles. The van der Waals surface area contributed by atoms with Crippen molar-refractivity contribution in [2.24, 2.45) is 5.92 Å². The molecular formula is C14H19ClFN. The SMILES string of the molecule is CCN(CC1CCC1)c1ccc(CCl)cc1F. The quantitative estimate of drug-likeness (QED) is 0.713. The Bertz CT molecular complexity index is 376. The molecule has 1 aliphatic carbocycles. The maximum atomic E-state index is 13.9. The van der Waals surface area contributed by atoms with Crippen LogP contribution in [0.1, 0.15) is 31.7 Å². The molecule has 3 heteroatoms. The third-order valence-electron chi connectivity index (χ3n) is 3.59. The zero-order valence-electron chi connectivity index (χ0n) is 10.3. The van der Waals surface area contributed by atoms with Crippen LogP contribution in [-0.2, 0) is 5.88 Å². The molecule has 1 nitrogen and oxygen atoms in total. The van der Waals surface area contributed by atoms with Crippen LogP contribution >= 0.6 is 11.6 Å². The Morgan fingerprint density at radius 2 is 2.18 bits per heavy atom. The minimum absolute atomic E-state index is 0.149. The highest BCUT2D eigenvalue weighted by molar-refractivity contribution is 6.17. The highest BCUT2D eigenvalue weighted by Gasteiger charge is 2.21. The maximum absolute atomic E-state index is 13.9. The summed E-state index contributed by atoms with van der Waals surface area (Å²) < 4.78 is 13.9. The number of alkyl halides is 1. The van der Waals surface area contributed by atoms with E-state index in [4.69, 9.17) is 11.6 Å². The molecule has 1 fully saturated rings. The number of benzene rings is 1. The van der Waals surface area contributed by atoms with Gasteiger partial charge in [-0.15, -0.1) is 11.6 Å². The molecule has 0 aliphatic heterocycles. The lowest BCUT2D eigenvalue weighted by atomic mass is 9.85. The summed E-state index contributed by atoms with van der Waals surface area (Å²) in [4.78, 5) is 2.14. The Labute approximate surface area is 108 Å². The van der Waals surface area contributed by atoms with E-state index < -0.39 is 0 Å². The summed E-state index contributed by atoms with van der Waals surface area (Å²) >= 11 is 5.70. The smallest absolute Gasteiger partial charge is 0.146 e. The average Bonchev–Trinajstić information content (AvgIpc) is 2.29. The third kappa shape index (κ3) is 2.92. The van der Waals surface area contributed by atoms with Gasteiger partial charge in [-0.25, -0.2) is 4.39 Å². The lowest BCUT2D eigenvalue weighted by molar-refractivity contribution is 0.318. The molecule has 1 aliphatic rings. The molecule has 0 radical (unpaired) electrons. The van der Waals surface area contributed by atoms with Gasteiger partial charge in [-0.05, 0) is 43.4 Å². The molecule has 1 aromatic rings. The van der Waals surface area contributed by atoms with Crippen LogP contribution in [0.4, 0.5) is 10.1 Å². The summed E-state index contributed by atoms with van der Waals surface area (Å²) in [6.45, 7) is 3.91. The highest BCUT2D eigenvalue weighted by atomic mass is 35.5. The number of nitrogens with zero attached hydrogens (tertiary/aromatic N) is 1. The van der Waals surface area contributed by atoms with E-state index in [2.05, 4.69) is 11.8 Å². The summed E-state index contributed by atoms with van der Waals surface area (Å²) in [5.74, 6) is 0.970. The van der Waals surface area contributed by atoms with Gasteiger partial charge in [-0.1, -0.05) is 12.5 Å². The Morgan fingerprint density at radius 3 is 2.65 bits per heavy atom. The Kier molecular flexibility index (Phi) is 4.27. The Morgan fingerprint density at radius 1 is 1.41 bits per heavy atom. The lowest BCUT2D eigenvalue weighted by Gasteiger charge is -2.33. The maximum Gasteiger partial charge on any atom is 0.146 e. The van der Waals surface area contributed by atoms with Crippen LogP contribution in [0.25, 0.3) is 0 Å². The summed E-state index contributed by atoms with van der Waals surface area (Å²) in [6.07, 6.45) is 3.91. The molecule has 0 aromatic heterocycles. The zero-order valence-corrected chi connectivity index (χ0v) is 11.0. The third-order valence-corrected chi connectivity index (χ3v) is 3.90. The van der Waals surface area contributed by atoms with E-state index in [1.54, 1.807) is 6.07 Å². The topological polar surface area (TPSA) is 3.24 Å². The minimum Gasteiger partial charge on any atom is -0.369 e. The van der Waals surface area contributed by atoms with Crippen LogP contribution in [0.3, 0.4) is 0 Å². The molecule has 0 spiro atoms. The summed E-state index contributed by atoms with van der Waals surface area (Å²) in [5.41, 5.74) is 1.56. The molecule has 1 saturated carbocycles. The van der Waals surface area contributed by atoms with Crippen LogP contribution < -0.4 is 4.90 Å². The number of halogens is 2. The molecule has 0 amide bonds. The first kappa shape index (κ1) is 12.7. The fourth-order valence-electron chi connectivity index (χ4n) is 2.27. The van der Waals surface area contributed by atoms with Crippen molar-refractivity contribution >= 4 is 17.3 Å². The van der Waals surface area contributed by atoms with E-state index >= 15 is 0 Å². The first-order valence-electron chi connectivity index (χ1n) is 6.34. The van der Waals surface area contributed by atoms with Crippen molar-refractivity contribution in [3.8, 4) is 0 Å². The monoisotopic (exact) mass is 255 g/mol. The molecule has 1 aromatic carbocycles. The van der Waals surface area contributed by atoms with Crippen LogP contribution in [-0.4, -0.2) is 13.1 Å². The number of rotatable bonds is 5. The number of hydrogen-bond acceptors (Lipinski definition) is 1. The van der Waals surface area contributed by atoms with Crippen LogP contribution in [0, 0.1) is 11.7 Å². The second-order valence-corrected chi connectivity index (χ2v) is 5.02. The van der Waals surface area contributed by atoms with Gasteiger partial charge < -0.3 is 4.90 Å². The van der Waals surface area contributed by atoms with Crippen LogP contribution in [0.15, 0.2) is 18.2 Å². The predicted molar refractivity (Wildman–Crippen MR) is 71.2 cm³/mol. The average molecular weight is 256 g/mol.